The van der Waals surface area contributed by atoms with Gasteiger partial charge in [-0.25, -0.2) is 0 Å². The van der Waals surface area contributed by atoms with E-state index in [-0.39, 0.29) is 0 Å². The maximum Gasteiger partial charge on any atom is 0.326 e. The monoisotopic (exact) mass is 560 g/mol. The summed E-state index contributed by atoms with van der Waals surface area (Å²) in [6, 6.07) is 13.0. The van der Waals surface area contributed by atoms with Crippen LogP contribution in [-0.2, 0) is 37.6 Å². The number of fused-ring (bicyclic) bond motifs is 2. The van der Waals surface area contributed by atoms with E-state index in [1.54, 1.807) is 9.48 Å². The standard InChI is InChI=1S/C27H33N3O6S2/c1-18(12-24-26(2,3)20-8-6-7-9-22(20)29(24)16-37(31,32)33)13-25-27(4,5)21-14-19(15-28)10-11-23(21)30(25)17-38(34,35)36/h6-14H,15-17,28H2,1-5H3,(H-,31,32,33,34,35,36)/p+1. The Morgan fingerprint density at radius 3 is 2.24 bits per heavy atom. The van der Waals surface area contributed by atoms with Crippen molar-refractivity contribution >= 4 is 37.3 Å². The van der Waals surface area contributed by atoms with Crippen LogP contribution in [0.3, 0.4) is 0 Å². The summed E-state index contributed by atoms with van der Waals surface area (Å²) in [6.07, 6.45) is 3.71. The number of nitrogens with zero attached hydrogens (tertiary/aromatic N) is 2. The number of benzene rings is 2. The summed E-state index contributed by atoms with van der Waals surface area (Å²) in [5.41, 5.74) is 10.8. The van der Waals surface area contributed by atoms with Crippen molar-refractivity contribution in [3.05, 3.63) is 82.6 Å². The molecule has 0 saturated carbocycles. The Labute approximate surface area is 224 Å². The molecule has 0 spiro atoms. The molecule has 38 heavy (non-hydrogen) atoms. The van der Waals surface area contributed by atoms with Gasteiger partial charge in [-0.1, -0.05) is 44.2 Å². The van der Waals surface area contributed by atoms with Crippen LogP contribution >= 0.6 is 0 Å². The van der Waals surface area contributed by atoms with Gasteiger partial charge < -0.3 is 10.6 Å². The minimum atomic E-state index is -4.36. The fourth-order valence-corrected chi connectivity index (χ4v) is 6.70. The van der Waals surface area contributed by atoms with E-state index in [4.69, 9.17) is 5.73 Å². The maximum absolute atomic E-state index is 12.0. The van der Waals surface area contributed by atoms with Crippen molar-refractivity contribution in [2.24, 2.45) is 5.73 Å². The van der Waals surface area contributed by atoms with Crippen molar-refractivity contribution < 1.29 is 30.5 Å². The first-order valence-electron chi connectivity index (χ1n) is 12.1. The summed E-state index contributed by atoms with van der Waals surface area (Å²) in [5, 5.41) is 0. The van der Waals surface area contributed by atoms with Crippen LogP contribution in [0.25, 0.3) is 0 Å². The summed E-state index contributed by atoms with van der Waals surface area (Å²) >= 11 is 0. The molecule has 0 unspecified atom stereocenters. The Morgan fingerprint density at radius 2 is 1.63 bits per heavy atom. The van der Waals surface area contributed by atoms with Gasteiger partial charge in [-0.3, -0.25) is 9.11 Å². The zero-order valence-corrected chi connectivity index (χ0v) is 23.8. The number of para-hydroxylation sites is 1. The third-order valence-electron chi connectivity index (χ3n) is 7.30. The van der Waals surface area contributed by atoms with Crippen LogP contribution in [-0.4, -0.2) is 48.0 Å². The molecule has 0 amide bonds. The Balaban J connectivity index is 1.90. The van der Waals surface area contributed by atoms with Crippen molar-refractivity contribution in [2.75, 3.05) is 16.7 Å². The van der Waals surface area contributed by atoms with Crippen LogP contribution < -0.4 is 10.6 Å². The molecule has 9 nitrogen and oxygen atoms in total. The van der Waals surface area contributed by atoms with Crippen LogP contribution in [0.5, 0.6) is 0 Å². The van der Waals surface area contributed by atoms with Gasteiger partial charge in [0.25, 0.3) is 16.0 Å². The van der Waals surface area contributed by atoms with Gasteiger partial charge in [0.2, 0.25) is 5.69 Å². The molecule has 0 bridgehead atoms. The number of hydrogen-bond acceptors (Lipinski definition) is 6. The van der Waals surface area contributed by atoms with E-state index in [1.165, 1.54) is 0 Å². The Bertz CT molecular complexity index is 1620. The maximum atomic E-state index is 12.0. The lowest BCUT2D eigenvalue weighted by Gasteiger charge is -2.26. The minimum absolute atomic E-state index is 0.331. The molecule has 2 heterocycles. The lowest BCUT2D eigenvalue weighted by Crippen LogP contribution is -2.31. The quantitative estimate of drug-likeness (QED) is 0.343. The Morgan fingerprint density at radius 1 is 0.974 bits per heavy atom. The molecule has 0 saturated heterocycles. The van der Waals surface area contributed by atoms with Crippen LogP contribution in [0.2, 0.25) is 0 Å². The predicted octanol–water partition coefficient (Wildman–Crippen LogP) is 3.84. The van der Waals surface area contributed by atoms with Gasteiger partial charge in [-0.15, -0.1) is 0 Å². The molecule has 0 fully saturated rings. The Kier molecular flexibility index (Phi) is 6.99. The van der Waals surface area contributed by atoms with Crippen LogP contribution in [0, 0.1) is 0 Å². The van der Waals surface area contributed by atoms with Gasteiger partial charge in [-0.2, -0.15) is 21.4 Å². The normalized spacial score (nSPS) is 19.7. The number of hydrogen-bond donors (Lipinski definition) is 3. The fraction of sp³-hybridized carbons (Fsp3) is 0.370. The first kappa shape index (κ1) is 28.2. The molecule has 4 rings (SSSR count). The topological polar surface area (TPSA) is 141 Å². The number of allylic oxidation sites excluding steroid dienone is 4. The molecule has 0 aromatic heterocycles. The number of anilines is 1. The average Bonchev–Trinajstić information content (AvgIpc) is 3.12. The highest BCUT2D eigenvalue weighted by Crippen LogP contribution is 2.49. The predicted molar refractivity (Wildman–Crippen MR) is 149 cm³/mol. The largest absolute Gasteiger partial charge is 0.327 e. The van der Waals surface area contributed by atoms with Crippen molar-refractivity contribution in [1.29, 1.82) is 0 Å². The first-order chi connectivity index (χ1) is 17.5. The van der Waals surface area contributed by atoms with Gasteiger partial charge in [0.1, 0.15) is 0 Å². The van der Waals surface area contributed by atoms with Crippen molar-refractivity contribution in [3.63, 3.8) is 0 Å². The molecule has 11 heteroatoms. The lowest BCUT2D eigenvalue weighted by molar-refractivity contribution is -0.416. The van der Waals surface area contributed by atoms with Crippen LogP contribution in [0.1, 0.15) is 51.3 Å². The summed E-state index contributed by atoms with van der Waals surface area (Å²) in [5.74, 6) is -1.22. The van der Waals surface area contributed by atoms with Crippen molar-refractivity contribution in [3.8, 4) is 0 Å². The second-order valence-corrected chi connectivity index (χ2v) is 13.7. The Hall–Kier alpha value is -2.83. The van der Waals surface area contributed by atoms with E-state index < -0.39 is 42.8 Å². The highest BCUT2D eigenvalue weighted by atomic mass is 32.2. The van der Waals surface area contributed by atoms with E-state index in [1.807, 2.05) is 89.2 Å². The molecular formula is C27H34N3O6S2+. The zero-order chi connectivity index (χ0) is 28.3. The van der Waals surface area contributed by atoms with Gasteiger partial charge in [0, 0.05) is 41.1 Å². The highest BCUT2D eigenvalue weighted by Gasteiger charge is 2.46. The second-order valence-electron chi connectivity index (χ2n) is 10.9. The highest BCUT2D eigenvalue weighted by molar-refractivity contribution is 7.86. The van der Waals surface area contributed by atoms with E-state index in [0.717, 1.165) is 22.3 Å². The molecule has 2 aliphatic rings. The molecule has 0 atom stereocenters. The summed E-state index contributed by atoms with van der Waals surface area (Å²) in [7, 11) is -8.69. The summed E-state index contributed by atoms with van der Waals surface area (Å²) in [6.45, 7) is 10.1. The molecule has 0 aliphatic carbocycles. The van der Waals surface area contributed by atoms with Crippen molar-refractivity contribution in [1.82, 2.24) is 0 Å². The number of nitrogens with two attached hydrogens (primary N) is 1. The molecule has 2 aromatic rings. The smallest absolute Gasteiger partial charge is 0.326 e. The summed E-state index contributed by atoms with van der Waals surface area (Å²) < 4.78 is 68.9. The molecule has 2 aromatic carbocycles. The SMILES string of the molecule is CC(=CC1=[N+](CS(=O)(=O)O)c2ccccc2C1(C)C)C=C1N(CS(=O)(=O)O)c2ccc(CN)cc2C1(C)C. The second kappa shape index (κ2) is 9.42. The van der Waals surface area contributed by atoms with Crippen molar-refractivity contribution in [2.45, 2.75) is 52.0 Å². The van der Waals surface area contributed by atoms with Crippen LogP contribution in [0.15, 0.2) is 65.9 Å². The van der Waals surface area contributed by atoms with E-state index in [2.05, 4.69) is 0 Å². The molecule has 4 N–H and O–H groups in total. The third-order valence-corrected chi connectivity index (χ3v) is 8.47. The first-order valence-corrected chi connectivity index (χ1v) is 15.3. The van der Waals surface area contributed by atoms with Gasteiger partial charge in [0.15, 0.2) is 11.6 Å². The summed E-state index contributed by atoms with van der Waals surface area (Å²) in [4.78, 5) is 1.58. The third kappa shape index (κ3) is 5.21. The van der Waals surface area contributed by atoms with Gasteiger partial charge in [0.05, 0.1) is 5.41 Å². The molecule has 0 radical (unpaired) electrons. The number of rotatable bonds is 7. The van der Waals surface area contributed by atoms with Gasteiger partial charge >= 0.3 is 10.1 Å². The molecular weight excluding hydrogens is 526 g/mol. The lowest BCUT2D eigenvalue weighted by atomic mass is 9.80. The van der Waals surface area contributed by atoms with E-state index >= 15 is 0 Å². The van der Waals surface area contributed by atoms with Gasteiger partial charge in [-0.05, 0) is 49.6 Å². The average molecular weight is 561 g/mol. The zero-order valence-electron chi connectivity index (χ0n) is 22.1. The van der Waals surface area contributed by atoms with E-state index in [9.17, 15) is 25.9 Å². The van der Waals surface area contributed by atoms with Crippen LogP contribution in [0.4, 0.5) is 11.4 Å². The molecule has 204 valence electrons. The minimum Gasteiger partial charge on any atom is -0.327 e. The van der Waals surface area contributed by atoms with E-state index in [0.29, 0.717) is 29.3 Å². The molecule has 2 aliphatic heterocycles. The fourth-order valence-electron chi connectivity index (χ4n) is 5.49.